The summed E-state index contributed by atoms with van der Waals surface area (Å²) in [5.74, 6) is 0.170. The fourth-order valence-corrected chi connectivity index (χ4v) is 2.58. The highest BCUT2D eigenvalue weighted by Crippen LogP contribution is 2.39. The van der Waals surface area contributed by atoms with E-state index in [0.29, 0.717) is 27.6 Å². The molecule has 0 aliphatic rings. The molecule has 0 amide bonds. The standard InChI is InChI=1S/C15H14Cl2O2/c1-2-11(12-7-9(16)3-5-14(12)18)13-8-10(17)4-6-15(13)19/h3-8,11,18-19H,2H2,1H3. The molecule has 2 nitrogen and oxygen atoms in total. The van der Waals surface area contributed by atoms with Crippen molar-refractivity contribution in [3.05, 3.63) is 57.6 Å². The van der Waals surface area contributed by atoms with Crippen molar-refractivity contribution in [3.63, 3.8) is 0 Å². The summed E-state index contributed by atoms with van der Waals surface area (Å²) in [6, 6.07) is 9.80. The average Bonchev–Trinajstić information content (AvgIpc) is 2.38. The third-order valence-electron chi connectivity index (χ3n) is 3.14. The van der Waals surface area contributed by atoms with Crippen molar-refractivity contribution >= 4 is 23.2 Å². The number of hydrogen-bond donors (Lipinski definition) is 2. The Hall–Kier alpha value is -1.38. The van der Waals surface area contributed by atoms with Gasteiger partial charge in [0.25, 0.3) is 0 Å². The van der Waals surface area contributed by atoms with Crippen LogP contribution in [0.5, 0.6) is 11.5 Å². The first-order valence-corrected chi connectivity index (χ1v) is 6.75. The van der Waals surface area contributed by atoms with Crippen molar-refractivity contribution in [3.8, 4) is 11.5 Å². The zero-order valence-electron chi connectivity index (χ0n) is 10.4. The largest absolute Gasteiger partial charge is 0.508 e. The van der Waals surface area contributed by atoms with Crippen molar-refractivity contribution in [2.45, 2.75) is 19.3 Å². The van der Waals surface area contributed by atoms with E-state index in [1.54, 1.807) is 36.4 Å². The van der Waals surface area contributed by atoms with E-state index in [-0.39, 0.29) is 17.4 Å². The summed E-state index contributed by atoms with van der Waals surface area (Å²) in [6.45, 7) is 1.98. The molecule has 0 aliphatic heterocycles. The lowest BCUT2D eigenvalue weighted by Crippen LogP contribution is -2.01. The number of rotatable bonds is 3. The van der Waals surface area contributed by atoms with Crippen LogP contribution in [-0.4, -0.2) is 10.2 Å². The maximum absolute atomic E-state index is 9.98. The molecule has 0 saturated heterocycles. The predicted octanol–water partition coefficient (Wildman–Crippen LogP) is 4.95. The van der Waals surface area contributed by atoms with Gasteiger partial charge in [0, 0.05) is 27.1 Å². The van der Waals surface area contributed by atoms with Crippen LogP contribution in [-0.2, 0) is 0 Å². The summed E-state index contributed by atoms with van der Waals surface area (Å²) in [5.41, 5.74) is 1.38. The third-order valence-corrected chi connectivity index (χ3v) is 3.61. The highest BCUT2D eigenvalue weighted by molar-refractivity contribution is 6.31. The Bertz CT molecular complexity index is 545. The van der Waals surface area contributed by atoms with Gasteiger partial charge in [-0.1, -0.05) is 30.1 Å². The zero-order valence-corrected chi connectivity index (χ0v) is 11.9. The second kappa shape index (κ2) is 5.72. The molecule has 2 N–H and O–H groups in total. The number of hydrogen-bond acceptors (Lipinski definition) is 2. The summed E-state index contributed by atoms with van der Waals surface area (Å²) >= 11 is 12.0. The van der Waals surface area contributed by atoms with E-state index in [4.69, 9.17) is 23.2 Å². The van der Waals surface area contributed by atoms with Crippen LogP contribution in [0.15, 0.2) is 36.4 Å². The SMILES string of the molecule is CCC(c1cc(Cl)ccc1O)c1cc(Cl)ccc1O. The second-order valence-electron chi connectivity index (χ2n) is 4.37. The van der Waals surface area contributed by atoms with Gasteiger partial charge in [-0.15, -0.1) is 0 Å². The molecule has 0 bridgehead atoms. The van der Waals surface area contributed by atoms with Gasteiger partial charge >= 0.3 is 0 Å². The minimum Gasteiger partial charge on any atom is -0.508 e. The van der Waals surface area contributed by atoms with E-state index in [1.807, 2.05) is 6.92 Å². The number of phenolic OH excluding ortho intramolecular Hbond substituents is 2. The van der Waals surface area contributed by atoms with Gasteiger partial charge in [0.1, 0.15) is 11.5 Å². The van der Waals surface area contributed by atoms with Crippen molar-refractivity contribution in [1.82, 2.24) is 0 Å². The van der Waals surface area contributed by atoms with Crippen LogP contribution in [0.25, 0.3) is 0 Å². The Morgan fingerprint density at radius 3 is 1.68 bits per heavy atom. The lowest BCUT2D eigenvalue weighted by atomic mass is 9.88. The van der Waals surface area contributed by atoms with Crippen LogP contribution in [0.2, 0.25) is 10.0 Å². The molecule has 4 heteroatoms. The molecule has 0 saturated carbocycles. The van der Waals surface area contributed by atoms with Gasteiger partial charge < -0.3 is 10.2 Å². The summed E-state index contributed by atoms with van der Waals surface area (Å²) in [5, 5.41) is 21.1. The smallest absolute Gasteiger partial charge is 0.119 e. The Morgan fingerprint density at radius 2 is 1.32 bits per heavy atom. The van der Waals surface area contributed by atoms with E-state index in [9.17, 15) is 10.2 Å². The average molecular weight is 297 g/mol. The van der Waals surface area contributed by atoms with E-state index >= 15 is 0 Å². The molecule has 100 valence electrons. The molecule has 0 fully saturated rings. The Morgan fingerprint density at radius 1 is 0.895 bits per heavy atom. The van der Waals surface area contributed by atoms with Gasteiger partial charge in [-0.05, 0) is 42.8 Å². The molecule has 2 aromatic carbocycles. The summed E-state index contributed by atoms with van der Waals surface area (Å²) < 4.78 is 0. The maximum atomic E-state index is 9.98. The number of phenols is 2. The number of benzene rings is 2. The monoisotopic (exact) mass is 296 g/mol. The lowest BCUT2D eigenvalue weighted by Gasteiger charge is -2.19. The summed E-state index contributed by atoms with van der Waals surface area (Å²) in [4.78, 5) is 0. The van der Waals surface area contributed by atoms with Crippen LogP contribution in [0, 0.1) is 0 Å². The summed E-state index contributed by atoms with van der Waals surface area (Å²) in [7, 11) is 0. The van der Waals surface area contributed by atoms with Crippen LogP contribution in [0.4, 0.5) is 0 Å². The van der Waals surface area contributed by atoms with Crippen LogP contribution >= 0.6 is 23.2 Å². The second-order valence-corrected chi connectivity index (χ2v) is 5.24. The molecule has 0 unspecified atom stereocenters. The Balaban J connectivity index is 2.55. The predicted molar refractivity (Wildman–Crippen MR) is 78.4 cm³/mol. The van der Waals surface area contributed by atoms with E-state index < -0.39 is 0 Å². The molecule has 0 aliphatic carbocycles. The third kappa shape index (κ3) is 2.96. The van der Waals surface area contributed by atoms with Gasteiger partial charge in [-0.3, -0.25) is 0 Å². The summed E-state index contributed by atoms with van der Waals surface area (Å²) in [6.07, 6.45) is 0.710. The molecule has 19 heavy (non-hydrogen) atoms. The Labute approximate surface area is 122 Å². The quantitative estimate of drug-likeness (QED) is 0.841. The van der Waals surface area contributed by atoms with E-state index in [0.717, 1.165) is 0 Å². The van der Waals surface area contributed by atoms with E-state index in [2.05, 4.69) is 0 Å². The molecule has 2 aromatic rings. The highest BCUT2D eigenvalue weighted by atomic mass is 35.5. The number of aromatic hydroxyl groups is 2. The minimum atomic E-state index is -0.155. The van der Waals surface area contributed by atoms with Gasteiger partial charge in [0.2, 0.25) is 0 Å². The first-order chi connectivity index (χ1) is 9.02. The molecule has 0 heterocycles. The normalized spacial score (nSPS) is 10.9. The molecule has 0 spiro atoms. The highest BCUT2D eigenvalue weighted by Gasteiger charge is 2.19. The minimum absolute atomic E-state index is 0.155. The molecule has 0 radical (unpaired) electrons. The van der Waals surface area contributed by atoms with Crippen molar-refractivity contribution in [1.29, 1.82) is 0 Å². The van der Waals surface area contributed by atoms with Crippen molar-refractivity contribution in [2.75, 3.05) is 0 Å². The van der Waals surface area contributed by atoms with Crippen molar-refractivity contribution in [2.24, 2.45) is 0 Å². The molecule has 2 rings (SSSR count). The molecular formula is C15H14Cl2O2. The van der Waals surface area contributed by atoms with Crippen LogP contribution in [0.1, 0.15) is 30.4 Å². The first-order valence-electron chi connectivity index (χ1n) is 5.99. The lowest BCUT2D eigenvalue weighted by molar-refractivity contribution is 0.453. The topological polar surface area (TPSA) is 40.5 Å². The maximum Gasteiger partial charge on any atom is 0.119 e. The van der Waals surface area contributed by atoms with E-state index in [1.165, 1.54) is 0 Å². The van der Waals surface area contributed by atoms with Gasteiger partial charge in [0.05, 0.1) is 0 Å². The van der Waals surface area contributed by atoms with Gasteiger partial charge in [-0.2, -0.15) is 0 Å². The van der Waals surface area contributed by atoms with Crippen LogP contribution in [0.3, 0.4) is 0 Å². The molecule has 0 atom stereocenters. The first kappa shape index (κ1) is 14.0. The fourth-order valence-electron chi connectivity index (χ4n) is 2.22. The van der Waals surface area contributed by atoms with Crippen LogP contribution < -0.4 is 0 Å². The fraction of sp³-hybridized carbons (Fsp3) is 0.200. The zero-order chi connectivity index (χ0) is 14.0. The Kier molecular flexibility index (Phi) is 4.23. The van der Waals surface area contributed by atoms with Crippen molar-refractivity contribution < 1.29 is 10.2 Å². The molecular weight excluding hydrogens is 283 g/mol. The van der Waals surface area contributed by atoms with Gasteiger partial charge in [0.15, 0.2) is 0 Å². The van der Waals surface area contributed by atoms with Gasteiger partial charge in [-0.25, -0.2) is 0 Å². The number of halogens is 2. The molecule has 0 aromatic heterocycles.